The standard InChI is InChI=1S/As.Ge.SiTe/c;;1-2. The van der Waals surface area contributed by atoms with Crippen molar-refractivity contribution in [2.75, 3.05) is 0 Å². The molecule has 0 unspecified atom stereocenters. The van der Waals surface area contributed by atoms with Gasteiger partial charge < -0.3 is 0 Å². The van der Waals surface area contributed by atoms with E-state index < -0.39 is 0 Å². The van der Waals surface area contributed by atoms with Crippen molar-refractivity contribution in [1.82, 2.24) is 0 Å². The molecule has 0 nitrogen and oxygen atoms in total. The summed E-state index contributed by atoms with van der Waals surface area (Å²) in [7, 11) is 2.98. The molecule has 0 amide bonds. The van der Waals surface area contributed by atoms with E-state index in [0.717, 1.165) is 0 Å². The Morgan fingerprint density at radius 3 is 1.25 bits per heavy atom. The Morgan fingerprint density at radius 2 is 1.25 bits per heavy atom. The van der Waals surface area contributed by atoms with Gasteiger partial charge in [-0.05, 0) is 0 Å². The van der Waals surface area contributed by atoms with E-state index in [2.05, 4.69) is 7.31 Å². The summed E-state index contributed by atoms with van der Waals surface area (Å²) < 4.78 is 0. The summed E-state index contributed by atoms with van der Waals surface area (Å²) in [5.41, 5.74) is 0. The second-order valence-electron chi connectivity index (χ2n) is 0. The minimum atomic E-state index is 0. The third kappa shape index (κ3) is 8.93. The molecule has 0 N–H and O–H groups in total. The molecule has 0 aliphatic heterocycles. The molecule has 4 heavy (non-hydrogen) atoms. The van der Waals surface area contributed by atoms with Gasteiger partial charge >= 0.3 is 28.3 Å². The molecule has 0 aromatic carbocycles. The third-order valence-corrected chi connectivity index (χ3v) is 0. The van der Waals surface area contributed by atoms with Gasteiger partial charge in [-0.15, -0.1) is 0 Å². The molecular formula is AsGeSiTe. The normalized spacial score (nSPS) is 1.00. The molecule has 4 heteroatoms. The van der Waals surface area contributed by atoms with Gasteiger partial charge in [0, 0.05) is 35.6 Å². The van der Waals surface area contributed by atoms with Crippen LogP contribution in [0.4, 0.5) is 0 Å². The van der Waals surface area contributed by atoms with E-state index in [1.54, 1.807) is 21.0 Å². The second-order valence-corrected chi connectivity index (χ2v) is 0. The van der Waals surface area contributed by atoms with Crippen LogP contribution in [0.2, 0.25) is 0 Å². The topological polar surface area (TPSA) is 0 Å². The molecule has 0 aromatic rings. The quantitative estimate of drug-likeness (QED) is 0.477. The Hall–Kier alpha value is 2.11. The van der Waals surface area contributed by atoms with Gasteiger partial charge in [0.25, 0.3) is 0 Å². The van der Waals surface area contributed by atoms with E-state index in [4.69, 9.17) is 0 Å². The first kappa shape index (κ1) is 16.5. The van der Waals surface area contributed by atoms with Crippen molar-refractivity contribution in [2.24, 2.45) is 0 Å². The van der Waals surface area contributed by atoms with Gasteiger partial charge in [-0.1, -0.05) is 0 Å². The Bertz CT molecular complexity index is 8.00. The molecule has 19 valence electrons. The third-order valence-electron chi connectivity index (χ3n) is 0. The van der Waals surface area contributed by atoms with E-state index in [-0.39, 0.29) is 35.6 Å². The predicted molar refractivity (Wildman–Crippen MR) is 23.0 cm³/mol. The van der Waals surface area contributed by atoms with Gasteiger partial charge in [0.2, 0.25) is 0 Å². The van der Waals surface area contributed by atoms with E-state index in [9.17, 15) is 0 Å². The van der Waals surface area contributed by atoms with Crippen molar-refractivity contribution in [3.05, 3.63) is 0 Å². The summed E-state index contributed by atoms with van der Waals surface area (Å²) in [4.78, 5) is 0. The SMILES string of the molecule is [As].[Ge].[Si]=[Te]. The summed E-state index contributed by atoms with van der Waals surface area (Å²) in [6.45, 7) is 0. The molecule has 0 aromatic heterocycles. The van der Waals surface area contributed by atoms with Crippen molar-refractivity contribution >= 4 is 63.8 Å². The Balaban J connectivity index is -0.00000000500. The summed E-state index contributed by atoms with van der Waals surface area (Å²) >= 11 is 1.76. The average molecular weight is 303 g/mol. The van der Waals surface area contributed by atoms with Gasteiger partial charge in [-0.25, -0.2) is 0 Å². The number of hydrogen-bond acceptors (Lipinski definition) is 0. The molecular weight excluding hydrogens is 303 g/mol. The van der Waals surface area contributed by atoms with Crippen LogP contribution >= 0.6 is 0 Å². The van der Waals surface area contributed by atoms with Crippen molar-refractivity contribution in [3.8, 4) is 0 Å². The maximum absolute atomic E-state index is 2.98. The molecule has 0 aliphatic rings. The predicted octanol–water partition coefficient (Wildman–Crippen LogP) is -1.52. The van der Waals surface area contributed by atoms with Crippen LogP contribution in [0.5, 0.6) is 0 Å². The first-order chi connectivity index (χ1) is 1.00. The van der Waals surface area contributed by atoms with E-state index in [1.165, 1.54) is 0 Å². The maximum atomic E-state index is 2.98. The summed E-state index contributed by atoms with van der Waals surface area (Å²) in [6, 6.07) is 0. The van der Waals surface area contributed by atoms with Gasteiger partial charge in [-0.3, -0.25) is 0 Å². The zero-order valence-corrected chi connectivity index (χ0v) is 9.16. The molecule has 0 aliphatic carbocycles. The Kier molecular flexibility index (Phi) is 80.0. The molecule has 0 saturated carbocycles. The molecule has 0 atom stereocenters. The van der Waals surface area contributed by atoms with Crippen LogP contribution in [0.15, 0.2) is 0 Å². The molecule has 0 spiro atoms. The van der Waals surface area contributed by atoms with E-state index >= 15 is 0 Å². The Morgan fingerprint density at radius 1 is 1.25 bits per heavy atom. The number of rotatable bonds is 0. The van der Waals surface area contributed by atoms with Crippen LogP contribution in [0.1, 0.15) is 0 Å². The van der Waals surface area contributed by atoms with Crippen LogP contribution in [-0.2, 0) is 0 Å². The van der Waals surface area contributed by atoms with Crippen LogP contribution in [0.3, 0.4) is 0 Å². The van der Waals surface area contributed by atoms with E-state index in [0.29, 0.717) is 0 Å². The number of hydrogen-bond donors (Lipinski definition) is 0. The first-order valence-electron chi connectivity index (χ1n) is 0.204. The first-order valence-corrected chi connectivity index (χ1v) is 4.11. The molecule has 9 radical (unpaired) electrons. The zero-order valence-electron chi connectivity index (χ0n) is 1.86. The molecule has 0 fully saturated rings. The van der Waals surface area contributed by atoms with E-state index in [1.807, 2.05) is 0 Å². The molecule has 0 rings (SSSR count). The van der Waals surface area contributed by atoms with Crippen LogP contribution < -0.4 is 0 Å². The molecule has 0 saturated heterocycles. The average Bonchev–Trinajstić information content (AvgIpc) is 1.00. The summed E-state index contributed by atoms with van der Waals surface area (Å²) in [5.74, 6) is 0. The Labute approximate surface area is 63.2 Å². The summed E-state index contributed by atoms with van der Waals surface area (Å²) in [6.07, 6.45) is 0. The fourth-order valence-electron chi connectivity index (χ4n) is 0. The second kappa shape index (κ2) is 19.4. The van der Waals surface area contributed by atoms with Crippen molar-refractivity contribution < 1.29 is 0 Å². The molecule has 0 bridgehead atoms. The zero-order chi connectivity index (χ0) is 2.00. The van der Waals surface area contributed by atoms with Gasteiger partial charge in [0.1, 0.15) is 0 Å². The van der Waals surface area contributed by atoms with Crippen LogP contribution in [0.25, 0.3) is 0 Å². The fourth-order valence-corrected chi connectivity index (χ4v) is 0. The fraction of sp³-hybridized carbons (Fsp3) is 0. The summed E-state index contributed by atoms with van der Waals surface area (Å²) in [5, 5.41) is 0. The van der Waals surface area contributed by atoms with Crippen LogP contribution in [0, 0.1) is 0 Å². The van der Waals surface area contributed by atoms with Gasteiger partial charge in [0.05, 0.1) is 0 Å². The minimum absolute atomic E-state index is 0. The van der Waals surface area contributed by atoms with Crippen LogP contribution in [-0.4, -0.2) is 63.8 Å². The van der Waals surface area contributed by atoms with Gasteiger partial charge in [-0.2, -0.15) is 0 Å². The monoisotopic (exact) mass is 307 g/mol. The van der Waals surface area contributed by atoms with Crippen molar-refractivity contribution in [3.63, 3.8) is 0 Å². The van der Waals surface area contributed by atoms with Crippen molar-refractivity contribution in [1.29, 1.82) is 0 Å². The molecule has 0 heterocycles. The van der Waals surface area contributed by atoms with Crippen molar-refractivity contribution in [2.45, 2.75) is 0 Å². The van der Waals surface area contributed by atoms with Gasteiger partial charge in [0.15, 0.2) is 0 Å².